The molecule has 0 fully saturated rings. The highest BCUT2D eigenvalue weighted by Gasteiger charge is 2.33. The van der Waals surface area contributed by atoms with Crippen molar-refractivity contribution in [3.05, 3.63) is 182 Å². The van der Waals surface area contributed by atoms with Crippen LogP contribution in [-0.2, 0) is 86.2 Å². The molecular weight excluding hydrogens is 1830 g/mol. The summed E-state index contributed by atoms with van der Waals surface area (Å²) in [6, 6.07) is 19.1. The Balaban J connectivity index is 0.000000392. The van der Waals surface area contributed by atoms with E-state index in [1.165, 1.54) is 12.1 Å². The number of nitrogens with zero attached hydrogens (tertiary/aromatic N) is 6. The van der Waals surface area contributed by atoms with Crippen LogP contribution in [0, 0.1) is 35.5 Å². The van der Waals surface area contributed by atoms with Crippen molar-refractivity contribution in [2.24, 2.45) is 35.5 Å². The minimum atomic E-state index is -0.990. The number of unbranched alkanes of at least 4 members (excludes halogenated alkanes) is 6. The Morgan fingerprint density at radius 2 is 0.465 bits per heavy atom. The second-order valence-corrected chi connectivity index (χ2v) is 35.7. The number of aromatic hydroxyl groups is 6. The molecule has 144 heavy (non-hydrogen) atoms. The van der Waals surface area contributed by atoms with Crippen molar-refractivity contribution in [2.75, 3.05) is 39.6 Å². The fourth-order valence-electron chi connectivity index (χ4n) is 16.7. The number of hydrogen-bond acceptors (Lipinski definition) is 28. The smallest absolute Gasteiger partial charge is 0.314 e. The molecule has 0 aliphatic carbocycles. The average molecular weight is 1980 g/mol. The van der Waals surface area contributed by atoms with Crippen LogP contribution in [0.25, 0.3) is 68.3 Å². The van der Waals surface area contributed by atoms with Crippen LogP contribution < -0.4 is 28.4 Å². The summed E-state index contributed by atoms with van der Waals surface area (Å²) in [4.78, 5) is 107. The van der Waals surface area contributed by atoms with Crippen LogP contribution in [0.5, 0.6) is 69.0 Å². The standard InChI is InChI=1S/C60H81N3O12.C56H73N3O10/c1-10-19-25-40(16-7)58(67)73-37-34-70-49-31-28-46(52(64)43(49)22-13-4)55-61-56(47-29-32-50(44(23-14-5)53(47)65)71-35-38-74-59(68)41(17-8)26-20-11-2)63-57(62-55)48-30-33-51(45(24-15-6)54(48)66)72-36-39-75-60(69)42(18-9)27-21-12-3;1-11-20-26-36(17-7)54(63)67-35(10)66-45-32-29-42(48(60)39(45)23-14-4)51-57-52(43-30-33-46(40(24-15-5)49(43)61)68-55(64)37(18-8)27-21-12-2)59-53(58-51)44-31-34-47(41(25-16-6)50(44)62)69-56(65)38(19-9)28-22-13-3/h13-15,28-33,40-42,64-66H,4-6,10-12,16-27,34-39H2,1-3,7-9H3;14-16,29-38,60-62H,4-6,11-13,17-28H2,1-3,7-10H3. The lowest BCUT2D eigenvalue weighted by Crippen LogP contribution is -2.26. The van der Waals surface area contributed by atoms with Crippen LogP contribution in [0.15, 0.2) is 149 Å². The minimum Gasteiger partial charge on any atom is -0.507 e. The second-order valence-electron chi connectivity index (χ2n) is 35.7. The number of carbonyl (C=O) groups is 6. The fourth-order valence-corrected chi connectivity index (χ4v) is 16.7. The molecule has 0 bridgehead atoms. The second kappa shape index (κ2) is 62.2. The van der Waals surface area contributed by atoms with Gasteiger partial charge in [-0.2, -0.15) is 0 Å². The third-order valence-corrected chi connectivity index (χ3v) is 25.4. The molecule has 0 amide bonds. The summed E-state index contributed by atoms with van der Waals surface area (Å²) < 4.78 is 58.6. The van der Waals surface area contributed by atoms with Crippen molar-refractivity contribution in [1.82, 2.24) is 29.9 Å². The summed E-state index contributed by atoms with van der Waals surface area (Å²) in [7, 11) is 0. The zero-order valence-corrected chi connectivity index (χ0v) is 87.0. The van der Waals surface area contributed by atoms with Crippen LogP contribution in [0.2, 0.25) is 0 Å². The maximum atomic E-state index is 13.4. The highest BCUT2D eigenvalue weighted by atomic mass is 16.7. The van der Waals surface area contributed by atoms with Gasteiger partial charge in [0.2, 0.25) is 6.29 Å². The third-order valence-electron chi connectivity index (χ3n) is 25.4. The molecule has 28 nitrogen and oxygen atoms in total. The molecule has 7 unspecified atom stereocenters. The van der Waals surface area contributed by atoms with E-state index in [1.54, 1.807) is 104 Å². The van der Waals surface area contributed by atoms with Gasteiger partial charge in [0.1, 0.15) is 109 Å². The van der Waals surface area contributed by atoms with Crippen molar-refractivity contribution >= 4 is 35.8 Å². The van der Waals surface area contributed by atoms with E-state index < -0.39 is 18.2 Å². The zero-order valence-electron chi connectivity index (χ0n) is 87.0. The fraction of sp³-hybridized carbons (Fsp3) is 0.483. The molecular formula is C116H154N6O22. The summed E-state index contributed by atoms with van der Waals surface area (Å²) in [6.45, 7) is 49.2. The lowest BCUT2D eigenvalue weighted by atomic mass is 9.99. The van der Waals surface area contributed by atoms with Gasteiger partial charge in [-0.15, -0.1) is 39.5 Å². The molecule has 8 rings (SSSR count). The molecule has 6 aromatic carbocycles. The summed E-state index contributed by atoms with van der Waals surface area (Å²) in [5.41, 5.74) is 2.92. The van der Waals surface area contributed by atoms with Crippen LogP contribution >= 0.6 is 0 Å². The minimum absolute atomic E-state index is 0.0109. The first kappa shape index (κ1) is 118. The topological polar surface area (TPSA) is 393 Å². The van der Waals surface area contributed by atoms with E-state index in [1.807, 2.05) is 41.5 Å². The molecule has 2 aromatic heterocycles. The molecule has 780 valence electrons. The Morgan fingerprint density at radius 1 is 0.271 bits per heavy atom. The Kier molecular flexibility index (Phi) is 50.8. The highest BCUT2D eigenvalue weighted by Crippen LogP contribution is 2.48. The monoisotopic (exact) mass is 1980 g/mol. The van der Waals surface area contributed by atoms with Gasteiger partial charge >= 0.3 is 35.8 Å². The van der Waals surface area contributed by atoms with E-state index in [0.717, 1.165) is 96.3 Å². The highest BCUT2D eigenvalue weighted by molar-refractivity contribution is 5.83. The van der Waals surface area contributed by atoms with Crippen LogP contribution in [0.4, 0.5) is 0 Å². The van der Waals surface area contributed by atoms with Gasteiger partial charge < -0.3 is 78.0 Å². The van der Waals surface area contributed by atoms with E-state index in [-0.39, 0.29) is 269 Å². The molecule has 0 saturated heterocycles. The first-order valence-electron chi connectivity index (χ1n) is 51.6. The molecule has 0 aliphatic rings. The van der Waals surface area contributed by atoms with Crippen molar-refractivity contribution in [2.45, 2.75) is 289 Å². The number of carbonyl (C=O) groups excluding carboxylic acids is 6. The first-order chi connectivity index (χ1) is 69.6. The molecule has 7 atom stereocenters. The van der Waals surface area contributed by atoms with Gasteiger partial charge in [-0.1, -0.05) is 197 Å². The number of phenols is 6. The van der Waals surface area contributed by atoms with Gasteiger partial charge in [0.25, 0.3) is 0 Å². The predicted octanol–water partition coefficient (Wildman–Crippen LogP) is 25.5. The number of allylic oxidation sites excluding steroid dienone is 6. The third kappa shape index (κ3) is 33.1. The number of esters is 6. The number of phenolic OH excluding ortho intramolecular Hbond substituents is 6. The Labute approximate surface area is 851 Å². The number of hydrogen-bond donors (Lipinski definition) is 6. The Morgan fingerprint density at radius 3 is 0.681 bits per heavy atom. The van der Waals surface area contributed by atoms with Gasteiger partial charge in [0.05, 0.1) is 68.9 Å². The molecule has 0 saturated carbocycles. The molecule has 6 N–H and O–H groups in total. The van der Waals surface area contributed by atoms with Crippen molar-refractivity contribution < 1.29 is 107 Å². The quantitative estimate of drug-likeness (QED) is 0.00515. The summed E-state index contributed by atoms with van der Waals surface area (Å²) >= 11 is 0. The van der Waals surface area contributed by atoms with Crippen LogP contribution in [-0.4, -0.2) is 142 Å². The maximum absolute atomic E-state index is 13.4. The number of rotatable bonds is 65. The van der Waals surface area contributed by atoms with Crippen LogP contribution in [0.1, 0.15) is 277 Å². The molecule has 28 heteroatoms. The first-order valence-corrected chi connectivity index (χ1v) is 51.6. The summed E-state index contributed by atoms with van der Waals surface area (Å²) in [6.07, 6.45) is 28.9. The normalized spacial score (nSPS) is 12.5. The Hall–Kier alpha value is -13.4. The maximum Gasteiger partial charge on any atom is 0.314 e. The number of aromatic nitrogens is 6. The number of ether oxygens (including phenoxy) is 10. The van der Waals surface area contributed by atoms with E-state index >= 15 is 0 Å². The molecule has 0 aliphatic heterocycles. The van der Waals surface area contributed by atoms with Gasteiger partial charge in [-0.25, -0.2) is 29.9 Å². The Bertz CT molecular complexity index is 5200. The SMILES string of the molecule is C=CCc1c(OC(=O)C(CC)CCCC)ccc(-c2nc(-c3ccc(OC(=O)C(CC)CCCC)c(CC=C)c3O)nc(-c3ccc(OC(C)OC(=O)C(CC)CCCC)c(CC=C)c3O)n2)c1O.C=CCc1c(OCCOC(=O)C(CC)CCCC)ccc(-c2nc(-c3ccc(OCCOC(=O)C(CC)CCCC)c(CC=C)c3O)nc(-c3ccc(OCCOC(=O)C(CC)CCCC)c(CC=C)c3O)n2)c1O. The van der Waals surface area contributed by atoms with Crippen molar-refractivity contribution in [3.63, 3.8) is 0 Å². The van der Waals surface area contributed by atoms with Gasteiger partial charge in [0, 0.05) is 40.3 Å². The lowest BCUT2D eigenvalue weighted by Gasteiger charge is -2.21. The van der Waals surface area contributed by atoms with E-state index in [2.05, 4.69) is 81.0 Å². The average Bonchev–Trinajstić information content (AvgIpc) is 0.753. The van der Waals surface area contributed by atoms with E-state index in [9.17, 15) is 59.4 Å². The summed E-state index contributed by atoms with van der Waals surface area (Å²) in [5.74, 6) is -3.51. The van der Waals surface area contributed by atoms with Gasteiger partial charge in [-0.05, 0) is 188 Å². The molecule has 8 aromatic rings. The predicted molar refractivity (Wildman–Crippen MR) is 562 cm³/mol. The van der Waals surface area contributed by atoms with Gasteiger partial charge in [-0.3, -0.25) is 28.8 Å². The molecule has 0 radical (unpaired) electrons. The van der Waals surface area contributed by atoms with E-state index in [4.69, 9.17) is 77.3 Å². The summed E-state index contributed by atoms with van der Waals surface area (Å²) in [5, 5.41) is 72.2. The zero-order chi connectivity index (χ0) is 105. The number of benzene rings is 6. The molecule has 0 spiro atoms. The molecule has 2 heterocycles. The van der Waals surface area contributed by atoms with Gasteiger partial charge in [0.15, 0.2) is 34.9 Å². The van der Waals surface area contributed by atoms with Crippen molar-refractivity contribution in [1.29, 1.82) is 0 Å². The van der Waals surface area contributed by atoms with E-state index in [0.29, 0.717) is 97.3 Å². The van der Waals surface area contributed by atoms with Crippen molar-refractivity contribution in [3.8, 4) is 137 Å². The largest absolute Gasteiger partial charge is 0.507 e. The lowest BCUT2D eigenvalue weighted by molar-refractivity contribution is -0.167. The van der Waals surface area contributed by atoms with Crippen LogP contribution in [0.3, 0.4) is 0 Å².